The molecule has 0 heterocycles. The number of hydrogen-bond donors (Lipinski definition) is 2. The molecule has 8 nitrogen and oxygen atoms in total. The van der Waals surface area contributed by atoms with Gasteiger partial charge in [0.2, 0.25) is 0 Å². The molecule has 5 aromatic rings. The smallest absolute Gasteiger partial charge is 0.261 e. The molecule has 0 amide bonds. The summed E-state index contributed by atoms with van der Waals surface area (Å²) in [5, 5.41) is 4.43. The van der Waals surface area contributed by atoms with E-state index in [4.69, 9.17) is 4.84 Å². The van der Waals surface area contributed by atoms with Crippen molar-refractivity contribution in [2.24, 2.45) is 5.16 Å². The van der Waals surface area contributed by atoms with Crippen molar-refractivity contribution in [3.8, 4) is 0 Å². The molecule has 0 radical (unpaired) electrons. The van der Waals surface area contributed by atoms with E-state index in [9.17, 15) is 16.8 Å². The highest BCUT2D eigenvalue weighted by atomic mass is 32.2. The van der Waals surface area contributed by atoms with Crippen LogP contribution >= 0.6 is 0 Å². The molecular weight excluding hydrogens is 595 g/mol. The fraction of sp³-hybridized carbons (Fsp3) is 0.0882. The Bertz CT molecular complexity index is 1980. The van der Waals surface area contributed by atoms with Crippen LogP contribution in [-0.4, -0.2) is 22.5 Å². The van der Waals surface area contributed by atoms with Gasteiger partial charge in [-0.05, 0) is 55.8 Å². The Morgan fingerprint density at radius 1 is 0.591 bits per heavy atom. The molecule has 0 spiro atoms. The van der Waals surface area contributed by atoms with Crippen LogP contribution in [0.3, 0.4) is 0 Å². The van der Waals surface area contributed by atoms with E-state index < -0.39 is 20.0 Å². The van der Waals surface area contributed by atoms with Crippen LogP contribution in [0.2, 0.25) is 0 Å². The van der Waals surface area contributed by atoms with E-state index in [0.717, 1.165) is 22.3 Å². The standard InChI is InChI=1S/C34H31N3O5S2/c1-25-13-18-30(19-14-25)43(38,39)36-32-22-17-29(23-33(32)37-44(40,41)31-20-15-26(2)16-21-31)34(28-11-7-4-8-12-28)35-42-24-27-9-5-3-6-10-27/h3-23,36-37H,24H2,1-2H3. The summed E-state index contributed by atoms with van der Waals surface area (Å²) < 4.78 is 58.7. The van der Waals surface area contributed by atoms with Gasteiger partial charge in [-0.3, -0.25) is 9.44 Å². The number of aryl methyl sites for hydroxylation is 2. The molecule has 44 heavy (non-hydrogen) atoms. The van der Waals surface area contributed by atoms with Crippen LogP contribution in [0.4, 0.5) is 11.4 Å². The van der Waals surface area contributed by atoms with Crippen molar-refractivity contribution in [2.75, 3.05) is 9.44 Å². The Hall–Kier alpha value is -4.93. The molecule has 0 aromatic heterocycles. The number of nitrogens with one attached hydrogen (secondary N) is 2. The minimum absolute atomic E-state index is 0.0189. The van der Waals surface area contributed by atoms with Crippen LogP contribution in [0.15, 0.2) is 142 Å². The van der Waals surface area contributed by atoms with Gasteiger partial charge in [0.15, 0.2) is 0 Å². The molecule has 0 aliphatic carbocycles. The number of sulfonamides is 2. The summed E-state index contributed by atoms with van der Waals surface area (Å²) in [6.45, 7) is 3.93. The predicted octanol–water partition coefficient (Wildman–Crippen LogP) is 6.87. The van der Waals surface area contributed by atoms with Gasteiger partial charge in [0, 0.05) is 11.1 Å². The van der Waals surface area contributed by atoms with Gasteiger partial charge in [-0.2, -0.15) is 0 Å². The first-order valence-corrected chi connectivity index (χ1v) is 16.7. The molecule has 0 aliphatic heterocycles. The summed E-state index contributed by atoms with van der Waals surface area (Å²) in [7, 11) is -8.14. The summed E-state index contributed by atoms with van der Waals surface area (Å²) in [5.41, 5.74) is 4.46. The summed E-state index contributed by atoms with van der Waals surface area (Å²) in [6, 6.07) is 36.3. The zero-order valence-corrected chi connectivity index (χ0v) is 25.8. The molecule has 2 N–H and O–H groups in total. The van der Waals surface area contributed by atoms with Crippen molar-refractivity contribution in [2.45, 2.75) is 30.2 Å². The number of benzene rings is 5. The monoisotopic (exact) mass is 625 g/mol. The SMILES string of the molecule is Cc1ccc(S(=O)(=O)Nc2ccc(C(=NOCc3ccccc3)c3ccccc3)cc2NS(=O)(=O)c2ccc(C)cc2)cc1. The lowest BCUT2D eigenvalue weighted by molar-refractivity contribution is 0.131. The van der Waals surface area contributed by atoms with Crippen LogP contribution in [0.1, 0.15) is 27.8 Å². The second kappa shape index (κ2) is 13.2. The maximum absolute atomic E-state index is 13.5. The molecule has 10 heteroatoms. The van der Waals surface area contributed by atoms with Crippen LogP contribution in [0.5, 0.6) is 0 Å². The van der Waals surface area contributed by atoms with Gasteiger partial charge in [0.1, 0.15) is 12.3 Å². The normalized spacial score (nSPS) is 12.0. The first-order valence-electron chi connectivity index (χ1n) is 13.7. The van der Waals surface area contributed by atoms with E-state index in [1.165, 1.54) is 36.4 Å². The lowest BCUT2D eigenvalue weighted by Crippen LogP contribution is -2.18. The second-order valence-electron chi connectivity index (χ2n) is 10.2. The average molecular weight is 626 g/mol. The molecule has 0 saturated heterocycles. The first-order chi connectivity index (χ1) is 21.1. The zero-order valence-electron chi connectivity index (χ0n) is 24.1. The minimum atomic E-state index is -4.09. The molecule has 224 valence electrons. The number of hydrogen-bond acceptors (Lipinski definition) is 6. The summed E-state index contributed by atoms with van der Waals surface area (Å²) in [4.78, 5) is 5.80. The van der Waals surface area contributed by atoms with E-state index >= 15 is 0 Å². The molecule has 0 unspecified atom stereocenters. The van der Waals surface area contributed by atoms with E-state index in [-0.39, 0.29) is 27.8 Å². The van der Waals surface area contributed by atoms with Crippen molar-refractivity contribution >= 4 is 37.1 Å². The van der Waals surface area contributed by atoms with Crippen molar-refractivity contribution < 1.29 is 21.7 Å². The van der Waals surface area contributed by atoms with Crippen molar-refractivity contribution in [3.63, 3.8) is 0 Å². The highest BCUT2D eigenvalue weighted by molar-refractivity contribution is 7.93. The Kier molecular flexibility index (Phi) is 9.12. The number of nitrogens with zero attached hydrogens (tertiary/aromatic N) is 1. The Labute approximate surface area is 258 Å². The maximum Gasteiger partial charge on any atom is 0.261 e. The maximum atomic E-state index is 13.5. The predicted molar refractivity (Wildman–Crippen MR) is 174 cm³/mol. The second-order valence-corrected chi connectivity index (χ2v) is 13.5. The Balaban J connectivity index is 1.57. The number of oxime groups is 1. The van der Waals surface area contributed by atoms with Gasteiger partial charge in [-0.15, -0.1) is 0 Å². The highest BCUT2D eigenvalue weighted by Crippen LogP contribution is 2.30. The lowest BCUT2D eigenvalue weighted by Gasteiger charge is -2.17. The largest absolute Gasteiger partial charge is 0.390 e. The van der Waals surface area contributed by atoms with Gasteiger partial charge in [-0.1, -0.05) is 107 Å². The first kappa shape index (κ1) is 30.5. The third kappa shape index (κ3) is 7.52. The van der Waals surface area contributed by atoms with Gasteiger partial charge >= 0.3 is 0 Å². The van der Waals surface area contributed by atoms with Gasteiger partial charge in [0.05, 0.1) is 21.2 Å². The lowest BCUT2D eigenvalue weighted by atomic mass is 10.0. The molecule has 0 fully saturated rings. The van der Waals surface area contributed by atoms with E-state index in [2.05, 4.69) is 14.6 Å². The fourth-order valence-corrected chi connectivity index (χ4v) is 6.47. The van der Waals surface area contributed by atoms with Crippen molar-refractivity contribution in [1.29, 1.82) is 0 Å². The van der Waals surface area contributed by atoms with Crippen LogP contribution in [0.25, 0.3) is 0 Å². The van der Waals surface area contributed by atoms with E-state index in [1.54, 1.807) is 30.3 Å². The van der Waals surface area contributed by atoms with Crippen LogP contribution in [-0.2, 0) is 31.5 Å². The summed E-state index contributed by atoms with van der Waals surface area (Å²) in [5.74, 6) is 0. The zero-order chi connectivity index (χ0) is 31.2. The van der Waals surface area contributed by atoms with E-state index in [0.29, 0.717) is 11.3 Å². The molecule has 0 bridgehead atoms. The molecular formula is C34H31N3O5S2. The van der Waals surface area contributed by atoms with Crippen molar-refractivity contribution in [3.05, 3.63) is 155 Å². The minimum Gasteiger partial charge on any atom is -0.390 e. The van der Waals surface area contributed by atoms with Crippen molar-refractivity contribution in [1.82, 2.24) is 0 Å². The average Bonchev–Trinajstić information content (AvgIpc) is 3.01. The fourth-order valence-electron chi connectivity index (χ4n) is 4.32. The van der Waals surface area contributed by atoms with E-state index in [1.807, 2.05) is 74.5 Å². The Morgan fingerprint density at radius 2 is 1.09 bits per heavy atom. The van der Waals surface area contributed by atoms with Gasteiger partial charge < -0.3 is 4.84 Å². The Morgan fingerprint density at radius 3 is 1.64 bits per heavy atom. The molecule has 0 atom stereocenters. The third-order valence-electron chi connectivity index (χ3n) is 6.72. The summed E-state index contributed by atoms with van der Waals surface area (Å²) >= 11 is 0. The molecule has 0 saturated carbocycles. The highest BCUT2D eigenvalue weighted by Gasteiger charge is 2.22. The molecule has 5 rings (SSSR count). The number of rotatable bonds is 11. The summed E-state index contributed by atoms with van der Waals surface area (Å²) in [6.07, 6.45) is 0. The van der Waals surface area contributed by atoms with Gasteiger partial charge in [0.25, 0.3) is 20.0 Å². The van der Waals surface area contributed by atoms with Gasteiger partial charge in [-0.25, -0.2) is 16.8 Å². The molecule has 0 aliphatic rings. The third-order valence-corrected chi connectivity index (χ3v) is 9.48. The van der Waals surface area contributed by atoms with Crippen LogP contribution < -0.4 is 9.44 Å². The van der Waals surface area contributed by atoms with Crippen LogP contribution in [0, 0.1) is 13.8 Å². The molecule has 5 aromatic carbocycles. The quantitative estimate of drug-likeness (QED) is 0.123. The topological polar surface area (TPSA) is 114 Å². The number of anilines is 2.